The Bertz CT molecular complexity index is 715. The highest BCUT2D eigenvalue weighted by atomic mass is 127. The maximum Gasteiger partial charge on any atom is 0.193 e. The zero-order chi connectivity index (χ0) is 16.2. The quantitative estimate of drug-likeness (QED) is 0.416. The molecule has 1 atom stereocenters. The van der Waals surface area contributed by atoms with Gasteiger partial charge in [0, 0.05) is 12.1 Å². The lowest BCUT2D eigenvalue weighted by Gasteiger charge is -2.10. The van der Waals surface area contributed by atoms with Crippen molar-refractivity contribution in [1.29, 1.82) is 0 Å². The average Bonchev–Trinajstić information content (AvgIpc) is 2.96. The Morgan fingerprint density at radius 3 is 2.88 bits per heavy atom. The fraction of sp³-hybridized carbons (Fsp3) is 0.235. The van der Waals surface area contributed by atoms with Gasteiger partial charge in [-0.3, -0.25) is 0 Å². The van der Waals surface area contributed by atoms with Crippen LogP contribution in [0.2, 0.25) is 5.02 Å². The van der Waals surface area contributed by atoms with Crippen molar-refractivity contribution < 1.29 is 9.47 Å². The first kappa shape index (κ1) is 18.7. The Labute approximate surface area is 163 Å². The summed E-state index contributed by atoms with van der Waals surface area (Å²) in [6, 6.07) is 13.4. The van der Waals surface area contributed by atoms with Crippen molar-refractivity contribution in [3.8, 4) is 11.5 Å². The zero-order valence-electron chi connectivity index (χ0n) is 13.2. The minimum absolute atomic E-state index is 0. The fourth-order valence-electron chi connectivity index (χ4n) is 2.49. The molecular weight excluding hydrogens is 441 g/mol. The van der Waals surface area contributed by atoms with Gasteiger partial charge < -0.3 is 20.5 Å². The van der Waals surface area contributed by atoms with E-state index in [-0.39, 0.29) is 30.1 Å². The number of methoxy groups -OCH3 is 1. The molecule has 0 spiro atoms. The molecule has 2 aromatic rings. The van der Waals surface area contributed by atoms with Crippen LogP contribution >= 0.6 is 35.6 Å². The van der Waals surface area contributed by atoms with Crippen molar-refractivity contribution in [2.45, 2.75) is 12.5 Å². The number of aliphatic imine (C=N–C) groups is 1. The summed E-state index contributed by atoms with van der Waals surface area (Å²) < 4.78 is 10.9. The van der Waals surface area contributed by atoms with Crippen LogP contribution in [0.15, 0.2) is 47.5 Å². The van der Waals surface area contributed by atoms with E-state index in [0.717, 1.165) is 17.9 Å². The van der Waals surface area contributed by atoms with Crippen LogP contribution in [0.5, 0.6) is 11.5 Å². The van der Waals surface area contributed by atoms with E-state index >= 15 is 0 Å². The van der Waals surface area contributed by atoms with Gasteiger partial charge in [-0.1, -0.05) is 29.8 Å². The van der Waals surface area contributed by atoms with Crippen LogP contribution in [0, 0.1) is 0 Å². The third-order valence-corrected chi connectivity index (χ3v) is 3.90. The lowest BCUT2D eigenvalue weighted by atomic mass is 10.1. The van der Waals surface area contributed by atoms with Gasteiger partial charge in [0.15, 0.2) is 5.96 Å². The highest BCUT2D eigenvalue weighted by Gasteiger charge is 2.21. The number of nitrogens with one attached hydrogen (secondary N) is 1. The monoisotopic (exact) mass is 459 g/mol. The Hall–Kier alpha value is -1.67. The van der Waals surface area contributed by atoms with Gasteiger partial charge in [0.05, 0.1) is 18.7 Å². The molecule has 0 aromatic heterocycles. The molecule has 0 bridgehead atoms. The molecule has 1 heterocycles. The maximum atomic E-state index is 6.08. The Kier molecular flexibility index (Phi) is 6.56. The van der Waals surface area contributed by atoms with Crippen LogP contribution in [-0.2, 0) is 6.42 Å². The highest BCUT2D eigenvalue weighted by Crippen LogP contribution is 2.28. The second-order valence-electron chi connectivity index (χ2n) is 5.25. The summed E-state index contributed by atoms with van der Waals surface area (Å²) in [4.78, 5) is 4.34. The number of rotatable bonds is 4. The van der Waals surface area contributed by atoms with E-state index < -0.39 is 0 Å². The normalized spacial score (nSPS) is 15.9. The van der Waals surface area contributed by atoms with Gasteiger partial charge >= 0.3 is 0 Å². The zero-order valence-corrected chi connectivity index (χ0v) is 16.2. The Morgan fingerprint density at radius 1 is 1.38 bits per heavy atom. The van der Waals surface area contributed by atoms with Crippen molar-refractivity contribution in [2.24, 2.45) is 10.7 Å². The van der Waals surface area contributed by atoms with Crippen LogP contribution in [0.1, 0.15) is 5.56 Å². The van der Waals surface area contributed by atoms with E-state index in [9.17, 15) is 0 Å². The number of fused-ring (bicyclic) bond motifs is 1. The number of para-hydroxylation sites is 1. The van der Waals surface area contributed by atoms with Crippen molar-refractivity contribution in [3.05, 3.63) is 53.1 Å². The van der Waals surface area contributed by atoms with Crippen molar-refractivity contribution in [3.63, 3.8) is 0 Å². The predicted molar refractivity (Wildman–Crippen MR) is 108 cm³/mol. The molecule has 0 amide bonds. The minimum atomic E-state index is 0. The second kappa shape index (κ2) is 8.43. The molecule has 1 aliphatic rings. The number of hydrogen-bond donors (Lipinski definition) is 2. The number of hydrogen-bond acceptors (Lipinski definition) is 3. The standard InChI is InChI=1S/C17H18ClN3O2.HI/c1-22-16-7-6-12(9-14(16)18)21-17(19)20-10-13-8-11-4-2-3-5-15(11)23-13;/h2-7,9,13H,8,10H2,1H3,(H3,19,20,21);1H. The van der Waals surface area contributed by atoms with Crippen LogP contribution in [0.25, 0.3) is 0 Å². The number of anilines is 1. The number of nitrogens with two attached hydrogens (primary N) is 1. The maximum absolute atomic E-state index is 6.08. The number of guanidine groups is 1. The average molecular weight is 460 g/mol. The molecule has 0 fully saturated rings. The van der Waals surface area contributed by atoms with Gasteiger partial charge in [0.25, 0.3) is 0 Å². The van der Waals surface area contributed by atoms with Crippen molar-refractivity contribution in [1.82, 2.24) is 0 Å². The number of benzene rings is 2. The summed E-state index contributed by atoms with van der Waals surface area (Å²) in [6.07, 6.45) is 0.869. The van der Waals surface area contributed by atoms with E-state index in [1.54, 1.807) is 19.2 Å². The summed E-state index contributed by atoms with van der Waals surface area (Å²) in [7, 11) is 1.57. The molecule has 5 nitrogen and oxygen atoms in total. The lowest BCUT2D eigenvalue weighted by molar-refractivity contribution is 0.242. The lowest BCUT2D eigenvalue weighted by Crippen LogP contribution is -2.26. The van der Waals surface area contributed by atoms with Crippen LogP contribution in [-0.4, -0.2) is 25.7 Å². The molecule has 0 aliphatic carbocycles. The van der Waals surface area contributed by atoms with Gasteiger partial charge in [-0.2, -0.15) is 0 Å². The highest BCUT2D eigenvalue weighted by molar-refractivity contribution is 14.0. The molecular formula is C17H19ClIN3O2. The van der Waals surface area contributed by atoms with Gasteiger partial charge in [0.2, 0.25) is 0 Å². The van der Waals surface area contributed by atoms with Crippen LogP contribution in [0.4, 0.5) is 5.69 Å². The fourth-order valence-corrected chi connectivity index (χ4v) is 2.75. The summed E-state index contributed by atoms with van der Waals surface area (Å²) in [5.74, 6) is 1.87. The van der Waals surface area contributed by atoms with Gasteiger partial charge in [-0.05, 0) is 29.8 Å². The molecule has 1 unspecified atom stereocenters. The third-order valence-electron chi connectivity index (χ3n) is 3.60. The number of nitrogens with zero attached hydrogens (tertiary/aromatic N) is 1. The molecule has 0 saturated heterocycles. The van der Waals surface area contributed by atoms with Crippen molar-refractivity contribution in [2.75, 3.05) is 19.0 Å². The SMILES string of the molecule is COc1ccc(NC(N)=NCC2Cc3ccccc3O2)cc1Cl.I. The third kappa shape index (κ3) is 4.45. The predicted octanol–water partition coefficient (Wildman–Crippen LogP) is 3.70. The molecule has 128 valence electrons. The molecule has 0 radical (unpaired) electrons. The molecule has 1 aliphatic heterocycles. The van der Waals surface area contributed by atoms with Gasteiger partial charge in [-0.25, -0.2) is 4.99 Å². The molecule has 3 N–H and O–H groups in total. The first-order valence-electron chi connectivity index (χ1n) is 7.31. The van der Waals surface area contributed by atoms with E-state index in [1.807, 2.05) is 24.3 Å². The molecule has 24 heavy (non-hydrogen) atoms. The summed E-state index contributed by atoms with van der Waals surface area (Å²) in [5.41, 5.74) is 7.89. The van der Waals surface area contributed by atoms with Crippen LogP contribution in [0.3, 0.4) is 0 Å². The minimum Gasteiger partial charge on any atom is -0.495 e. The first-order valence-corrected chi connectivity index (χ1v) is 7.68. The Balaban J connectivity index is 0.00000208. The molecule has 7 heteroatoms. The topological polar surface area (TPSA) is 68.9 Å². The molecule has 2 aromatic carbocycles. The smallest absolute Gasteiger partial charge is 0.193 e. The van der Waals surface area contributed by atoms with E-state index in [0.29, 0.717) is 23.3 Å². The van der Waals surface area contributed by atoms with Crippen molar-refractivity contribution >= 4 is 47.2 Å². The largest absolute Gasteiger partial charge is 0.495 e. The van der Waals surface area contributed by atoms with E-state index in [4.69, 9.17) is 26.8 Å². The first-order chi connectivity index (χ1) is 11.2. The summed E-state index contributed by atoms with van der Waals surface area (Å²) in [5, 5.41) is 3.53. The van der Waals surface area contributed by atoms with E-state index in [1.165, 1.54) is 5.56 Å². The van der Waals surface area contributed by atoms with E-state index in [2.05, 4.69) is 16.4 Å². The summed E-state index contributed by atoms with van der Waals surface area (Å²) >= 11 is 6.08. The summed E-state index contributed by atoms with van der Waals surface area (Å²) in [6.45, 7) is 0.497. The van der Waals surface area contributed by atoms with Gasteiger partial charge in [-0.15, -0.1) is 24.0 Å². The van der Waals surface area contributed by atoms with Gasteiger partial charge in [0.1, 0.15) is 17.6 Å². The Morgan fingerprint density at radius 2 is 2.17 bits per heavy atom. The number of ether oxygens (including phenoxy) is 2. The second-order valence-corrected chi connectivity index (χ2v) is 5.66. The molecule has 0 saturated carbocycles. The molecule has 3 rings (SSSR count). The van der Waals surface area contributed by atoms with Crippen LogP contribution < -0.4 is 20.5 Å². The number of halogens is 2.